The van der Waals surface area contributed by atoms with E-state index in [1.165, 1.54) is 4.90 Å². The third-order valence-electron chi connectivity index (χ3n) is 4.02. The second kappa shape index (κ2) is 6.05. The molecule has 22 heavy (non-hydrogen) atoms. The largest absolute Gasteiger partial charge is 0.475 e. The number of rotatable bonds is 4. The molecule has 0 saturated carbocycles. The van der Waals surface area contributed by atoms with Crippen LogP contribution in [0.2, 0.25) is 0 Å². The lowest BCUT2D eigenvalue weighted by molar-refractivity contribution is 0.122. The summed E-state index contributed by atoms with van der Waals surface area (Å²) in [5.74, 6) is 0.540. The van der Waals surface area contributed by atoms with Gasteiger partial charge in [0, 0.05) is 18.1 Å². The number of benzene rings is 1. The maximum Gasteiger partial charge on any atom is 0.407 e. The highest BCUT2D eigenvalue weighted by Gasteiger charge is 2.29. The maximum absolute atomic E-state index is 11.2. The Kier molecular flexibility index (Phi) is 3.96. The van der Waals surface area contributed by atoms with Gasteiger partial charge >= 0.3 is 6.09 Å². The minimum atomic E-state index is -0.883. The van der Waals surface area contributed by atoms with E-state index in [0.717, 1.165) is 29.2 Å². The van der Waals surface area contributed by atoms with Crippen molar-refractivity contribution in [3.05, 3.63) is 42.6 Å². The number of fused-ring (bicyclic) bond motifs is 1. The van der Waals surface area contributed by atoms with E-state index in [1.54, 1.807) is 12.3 Å². The number of hydrogen-bond donors (Lipinski definition) is 1. The van der Waals surface area contributed by atoms with Gasteiger partial charge in [-0.05, 0) is 35.9 Å². The van der Waals surface area contributed by atoms with Crippen molar-refractivity contribution in [3.8, 4) is 5.88 Å². The first-order valence-electron chi connectivity index (χ1n) is 7.32. The summed E-state index contributed by atoms with van der Waals surface area (Å²) in [5.41, 5.74) is 0.998. The Labute approximate surface area is 128 Å². The van der Waals surface area contributed by atoms with Crippen molar-refractivity contribution in [1.82, 2.24) is 9.88 Å². The van der Waals surface area contributed by atoms with Crippen molar-refractivity contribution in [2.45, 2.75) is 18.9 Å². The molecule has 5 heteroatoms. The topological polar surface area (TPSA) is 62.7 Å². The molecule has 0 aliphatic carbocycles. The van der Waals surface area contributed by atoms with Gasteiger partial charge in [0.25, 0.3) is 0 Å². The molecule has 1 saturated heterocycles. The van der Waals surface area contributed by atoms with Crippen molar-refractivity contribution in [2.24, 2.45) is 0 Å². The zero-order chi connectivity index (χ0) is 15.5. The van der Waals surface area contributed by atoms with Gasteiger partial charge in [0.15, 0.2) is 0 Å². The second-order valence-electron chi connectivity index (χ2n) is 5.38. The van der Waals surface area contributed by atoms with Crippen LogP contribution in [0.1, 0.15) is 18.4 Å². The summed E-state index contributed by atoms with van der Waals surface area (Å²) in [5, 5.41) is 11.1. The van der Waals surface area contributed by atoms with E-state index < -0.39 is 6.09 Å². The molecule has 114 valence electrons. The molecular weight excluding hydrogens is 280 g/mol. The number of likely N-dealkylation sites (tertiary alicyclic amines) is 1. The lowest BCUT2D eigenvalue weighted by atomic mass is 10.1. The van der Waals surface area contributed by atoms with E-state index >= 15 is 0 Å². The first kappa shape index (κ1) is 14.4. The third-order valence-corrected chi connectivity index (χ3v) is 4.02. The molecule has 5 nitrogen and oxygen atoms in total. The molecule has 1 atom stereocenters. The molecule has 0 spiro atoms. The van der Waals surface area contributed by atoms with Gasteiger partial charge in [-0.2, -0.15) is 0 Å². The predicted octanol–water partition coefficient (Wildman–Crippen LogP) is 3.40. The monoisotopic (exact) mass is 298 g/mol. The Morgan fingerprint density at radius 1 is 1.50 bits per heavy atom. The minimum absolute atomic E-state index is 0.0999. The molecule has 1 aromatic heterocycles. The van der Waals surface area contributed by atoms with Crippen molar-refractivity contribution in [1.29, 1.82) is 0 Å². The summed E-state index contributed by atoms with van der Waals surface area (Å²) >= 11 is 0. The Hall–Kier alpha value is -2.56. The van der Waals surface area contributed by atoms with Crippen LogP contribution in [0, 0.1) is 0 Å². The van der Waals surface area contributed by atoms with E-state index in [4.69, 9.17) is 9.84 Å². The molecule has 0 unspecified atom stereocenters. The fourth-order valence-electron chi connectivity index (χ4n) is 2.84. The van der Waals surface area contributed by atoms with E-state index in [-0.39, 0.29) is 6.04 Å². The van der Waals surface area contributed by atoms with Crippen LogP contribution in [0.4, 0.5) is 4.79 Å². The Morgan fingerprint density at radius 2 is 2.36 bits per heavy atom. The number of amides is 1. The molecule has 1 aliphatic heterocycles. The molecular formula is C17H18N2O3. The number of ether oxygens (including phenoxy) is 1. The molecule has 3 rings (SSSR count). The average Bonchev–Trinajstić information content (AvgIpc) is 3.01. The van der Waals surface area contributed by atoms with E-state index in [9.17, 15) is 4.79 Å². The molecule has 1 fully saturated rings. The summed E-state index contributed by atoms with van der Waals surface area (Å²) in [6.45, 7) is 4.68. The third kappa shape index (κ3) is 2.74. The Balaban J connectivity index is 1.81. The molecule has 0 radical (unpaired) electrons. The average molecular weight is 298 g/mol. The lowest BCUT2D eigenvalue weighted by Crippen LogP contribution is -2.38. The first-order valence-corrected chi connectivity index (χ1v) is 7.32. The lowest BCUT2D eigenvalue weighted by Gasteiger charge is -2.21. The van der Waals surface area contributed by atoms with Crippen molar-refractivity contribution < 1.29 is 14.6 Å². The maximum atomic E-state index is 11.2. The second-order valence-corrected chi connectivity index (χ2v) is 5.38. The van der Waals surface area contributed by atoms with Crippen molar-refractivity contribution in [2.75, 3.05) is 13.2 Å². The van der Waals surface area contributed by atoms with Gasteiger partial charge in [0.1, 0.15) is 6.61 Å². The highest BCUT2D eigenvalue weighted by atomic mass is 16.5. The number of aromatic nitrogens is 1. The predicted molar refractivity (Wildman–Crippen MR) is 85.1 cm³/mol. The van der Waals surface area contributed by atoms with Crippen LogP contribution in [0.15, 0.2) is 37.0 Å². The number of pyridine rings is 1. The molecule has 1 amide bonds. The summed E-state index contributed by atoms with van der Waals surface area (Å²) in [4.78, 5) is 16.9. The standard InChI is InChI=1S/C17H18N2O3/c1-2-12-5-6-13-7-8-18-16(15(13)10-12)22-11-14-4-3-9-19(14)17(20)21/h2,5-8,10,14H,1,3-4,9,11H2,(H,20,21)/t14-/m0/s1. The van der Waals surface area contributed by atoms with Crippen LogP contribution in [0.25, 0.3) is 16.8 Å². The Bertz CT molecular complexity index is 714. The van der Waals surface area contributed by atoms with Crippen LogP contribution in [-0.4, -0.2) is 40.3 Å². The molecule has 1 aliphatic rings. The van der Waals surface area contributed by atoms with Crippen LogP contribution < -0.4 is 4.74 Å². The summed E-state index contributed by atoms with van der Waals surface area (Å²) in [7, 11) is 0. The highest BCUT2D eigenvalue weighted by Crippen LogP contribution is 2.26. The Morgan fingerprint density at radius 3 is 3.14 bits per heavy atom. The quantitative estimate of drug-likeness (QED) is 0.939. The molecule has 2 aromatic rings. The summed E-state index contributed by atoms with van der Waals surface area (Å²) < 4.78 is 5.83. The van der Waals surface area contributed by atoms with Crippen molar-refractivity contribution in [3.63, 3.8) is 0 Å². The first-order chi connectivity index (χ1) is 10.7. The van der Waals surface area contributed by atoms with Crippen LogP contribution in [0.3, 0.4) is 0 Å². The molecule has 1 aromatic carbocycles. The van der Waals surface area contributed by atoms with E-state index in [1.807, 2.05) is 24.3 Å². The van der Waals surface area contributed by atoms with Gasteiger partial charge < -0.3 is 14.7 Å². The van der Waals surface area contributed by atoms with Gasteiger partial charge in [-0.25, -0.2) is 9.78 Å². The molecule has 1 N–H and O–H groups in total. The zero-order valence-electron chi connectivity index (χ0n) is 12.2. The van der Waals surface area contributed by atoms with Gasteiger partial charge in [-0.3, -0.25) is 0 Å². The van der Waals surface area contributed by atoms with Gasteiger partial charge in [0.05, 0.1) is 6.04 Å². The minimum Gasteiger partial charge on any atom is -0.475 e. The zero-order valence-corrected chi connectivity index (χ0v) is 12.2. The number of carboxylic acid groups (broad SMARTS) is 1. The van der Waals surface area contributed by atoms with Gasteiger partial charge in [0.2, 0.25) is 5.88 Å². The molecule has 0 bridgehead atoms. The smallest absolute Gasteiger partial charge is 0.407 e. The summed E-state index contributed by atoms with van der Waals surface area (Å²) in [6.07, 6.45) is 4.30. The summed E-state index contributed by atoms with van der Waals surface area (Å²) in [6, 6.07) is 7.79. The van der Waals surface area contributed by atoms with Gasteiger partial charge in [-0.15, -0.1) is 0 Å². The van der Waals surface area contributed by atoms with Crippen LogP contribution in [0.5, 0.6) is 5.88 Å². The number of carbonyl (C=O) groups is 1. The van der Waals surface area contributed by atoms with Crippen LogP contribution in [-0.2, 0) is 0 Å². The van der Waals surface area contributed by atoms with Crippen molar-refractivity contribution >= 4 is 22.9 Å². The number of nitrogens with zero attached hydrogens (tertiary/aromatic N) is 2. The van der Waals surface area contributed by atoms with Crippen LogP contribution >= 0.6 is 0 Å². The van der Waals surface area contributed by atoms with E-state index in [2.05, 4.69) is 11.6 Å². The molecule has 2 heterocycles. The fraction of sp³-hybridized carbons (Fsp3) is 0.294. The normalized spacial score (nSPS) is 17.6. The fourth-order valence-corrected chi connectivity index (χ4v) is 2.84. The van der Waals surface area contributed by atoms with Gasteiger partial charge in [-0.1, -0.05) is 24.8 Å². The number of hydrogen-bond acceptors (Lipinski definition) is 3. The SMILES string of the molecule is C=Cc1ccc2ccnc(OC[C@@H]3CCCN3C(=O)O)c2c1. The highest BCUT2D eigenvalue weighted by molar-refractivity contribution is 5.88. The van der Waals surface area contributed by atoms with E-state index in [0.29, 0.717) is 19.0 Å².